The first kappa shape index (κ1) is 24.5. The van der Waals surface area contributed by atoms with E-state index >= 15 is 0 Å². The molecule has 2 atom stereocenters. The summed E-state index contributed by atoms with van der Waals surface area (Å²) in [5.41, 5.74) is 1.31. The quantitative estimate of drug-likeness (QED) is 0.219. The highest BCUT2D eigenvalue weighted by molar-refractivity contribution is 5.67. The van der Waals surface area contributed by atoms with Crippen LogP contribution in [0.5, 0.6) is 0 Å². The van der Waals surface area contributed by atoms with Crippen LogP contribution in [0.15, 0.2) is 42.5 Å². The molecule has 1 aromatic carbocycles. The van der Waals surface area contributed by atoms with Gasteiger partial charge in [0.15, 0.2) is 0 Å². The van der Waals surface area contributed by atoms with Crippen molar-refractivity contribution in [2.45, 2.75) is 97.3 Å². The lowest BCUT2D eigenvalue weighted by Gasteiger charge is -2.17. The smallest absolute Gasteiger partial charge is 0.303 e. The lowest BCUT2D eigenvalue weighted by molar-refractivity contribution is -0.138. The molecule has 0 spiro atoms. The van der Waals surface area contributed by atoms with E-state index in [9.17, 15) is 9.90 Å². The number of hydrogen-bond acceptors (Lipinski definition) is 1. The topological polar surface area (TPSA) is 37.3 Å². The highest BCUT2D eigenvalue weighted by Gasteiger charge is 2.14. The zero-order valence-electron chi connectivity index (χ0n) is 18.2. The average Bonchev–Trinajstić information content (AvgIpc) is 2.70. The van der Waals surface area contributed by atoms with Gasteiger partial charge < -0.3 is 5.11 Å². The highest BCUT2D eigenvalue weighted by atomic mass is 16.4. The summed E-state index contributed by atoms with van der Waals surface area (Å²) in [5, 5.41) is 9.25. The molecule has 0 aliphatic heterocycles. The maximum atomic E-state index is 11.2. The van der Waals surface area contributed by atoms with Crippen LogP contribution < -0.4 is 0 Å². The maximum Gasteiger partial charge on any atom is 0.303 e. The molecule has 0 aromatic heterocycles. The van der Waals surface area contributed by atoms with Gasteiger partial charge in [-0.25, -0.2) is 0 Å². The van der Waals surface area contributed by atoms with E-state index in [0.29, 0.717) is 12.3 Å². The van der Waals surface area contributed by atoms with E-state index in [2.05, 4.69) is 50.3 Å². The van der Waals surface area contributed by atoms with Crippen molar-refractivity contribution in [1.82, 2.24) is 0 Å². The Morgan fingerprint density at radius 3 is 2.36 bits per heavy atom. The van der Waals surface area contributed by atoms with E-state index in [1.54, 1.807) is 0 Å². The molecule has 0 aliphatic rings. The van der Waals surface area contributed by atoms with Gasteiger partial charge in [-0.2, -0.15) is 0 Å². The SMILES string of the molecule is CCCCCC/C=C\C[C@H](CC)CCC[C@H](CCc1ccccc1)CC(=O)O. The Kier molecular flexibility index (Phi) is 14.3. The molecule has 2 heteroatoms. The number of unbranched alkanes of at least 4 members (excludes halogenated alkanes) is 4. The normalized spacial score (nSPS) is 13.6. The van der Waals surface area contributed by atoms with Crippen LogP contribution in [0.4, 0.5) is 0 Å². The van der Waals surface area contributed by atoms with Crippen molar-refractivity contribution in [2.75, 3.05) is 0 Å². The molecule has 1 aromatic rings. The molecule has 0 aliphatic carbocycles. The van der Waals surface area contributed by atoms with Gasteiger partial charge in [-0.15, -0.1) is 0 Å². The minimum absolute atomic E-state index is 0.296. The second-order valence-electron chi connectivity index (χ2n) is 8.25. The Bertz CT molecular complexity index is 520. The molecule has 2 nitrogen and oxygen atoms in total. The number of carboxylic acid groups (broad SMARTS) is 1. The maximum absolute atomic E-state index is 11.2. The molecule has 1 N–H and O–H groups in total. The van der Waals surface area contributed by atoms with Gasteiger partial charge >= 0.3 is 5.97 Å². The van der Waals surface area contributed by atoms with E-state index in [4.69, 9.17) is 0 Å². The van der Waals surface area contributed by atoms with E-state index < -0.39 is 5.97 Å². The largest absolute Gasteiger partial charge is 0.481 e. The molecule has 0 saturated carbocycles. The second-order valence-corrected chi connectivity index (χ2v) is 8.25. The van der Waals surface area contributed by atoms with Crippen LogP contribution in [0.25, 0.3) is 0 Å². The monoisotopic (exact) mass is 386 g/mol. The molecule has 0 fully saturated rings. The van der Waals surface area contributed by atoms with Gasteiger partial charge in [0.1, 0.15) is 0 Å². The van der Waals surface area contributed by atoms with E-state index in [1.807, 2.05) is 6.07 Å². The number of carbonyl (C=O) groups is 1. The fourth-order valence-electron chi connectivity index (χ4n) is 3.89. The van der Waals surface area contributed by atoms with Crippen LogP contribution in [-0.4, -0.2) is 11.1 Å². The molecular formula is C26H42O2. The minimum atomic E-state index is -0.656. The fourth-order valence-corrected chi connectivity index (χ4v) is 3.89. The lowest BCUT2D eigenvalue weighted by Crippen LogP contribution is -2.10. The number of rotatable bonds is 17. The Morgan fingerprint density at radius 1 is 0.929 bits per heavy atom. The number of benzene rings is 1. The summed E-state index contributed by atoms with van der Waals surface area (Å²) in [4.78, 5) is 11.2. The van der Waals surface area contributed by atoms with Gasteiger partial charge in [-0.05, 0) is 55.9 Å². The van der Waals surface area contributed by atoms with Crippen molar-refractivity contribution in [2.24, 2.45) is 11.8 Å². The Morgan fingerprint density at radius 2 is 1.68 bits per heavy atom. The number of allylic oxidation sites excluding steroid dienone is 2. The van der Waals surface area contributed by atoms with Crippen molar-refractivity contribution in [1.29, 1.82) is 0 Å². The summed E-state index contributed by atoms with van der Waals surface area (Å²) >= 11 is 0. The van der Waals surface area contributed by atoms with Crippen molar-refractivity contribution < 1.29 is 9.90 Å². The molecule has 158 valence electrons. The van der Waals surface area contributed by atoms with E-state index in [0.717, 1.165) is 31.6 Å². The summed E-state index contributed by atoms with van der Waals surface area (Å²) < 4.78 is 0. The van der Waals surface area contributed by atoms with E-state index in [-0.39, 0.29) is 0 Å². The predicted octanol–water partition coefficient (Wildman–Crippen LogP) is 7.82. The van der Waals surface area contributed by atoms with Gasteiger partial charge in [-0.3, -0.25) is 4.79 Å². The standard InChI is InChI=1S/C26H42O2/c1-3-5-6-7-8-9-11-15-23(4-2)18-14-19-25(22-26(27)28)21-20-24-16-12-10-13-17-24/h9-13,16-17,23,25H,3-8,14-15,18-22H2,1-2H3,(H,27,28)/b11-9-/t23-,25+/m0/s1. The van der Waals surface area contributed by atoms with Crippen LogP contribution in [0, 0.1) is 11.8 Å². The summed E-state index contributed by atoms with van der Waals surface area (Å²) in [6.07, 6.45) is 19.4. The summed E-state index contributed by atoms with van der Waals surface area (Å²) in [7, 11) is 0. The molecule has 0 saturated heterocycles. The molecule has 0 amide bonds. The zero-order valence-corrected chi connectivity index (χ0v) is 18.2. The van der Waals surface area contributed by atoms with E-state index in [1.165, 1.54) is 56.9 Å². The first-order valence-electron chi connectivity index (χ1n) is 11.6. The number of carboxylic acids is 1. The lowest BCUT2D eigenvalue weighted by atomic mass is 9.88. The third kappa shape index (κ3) is 12.8. The molecule has 0 unspecified atom stereocenters. The predicted molar refractivity (Wildman–Crippen MR) is 121 cm³/mol. The minimum Gasteiger partial charge on any atom is -0.481 e. The summed E-state index contributed by atoms with van der Waals surface area (Å²) in [6.45, 7) is 4.54. The highest BCUT2D eigenvalue weighted by Crippen LogP contribution is 2.24. The summed E-state index contributed by atoms with van der Waals surface area (Å²) in [5.74, 6) is 0.381. The average molecular weight is 387 g/mol. The van der Waals surface area contributed by atoms with Crippen LogP contribution in [0.3, 0.4) is 0 Å². The molecule has 0 radical (unpaired) electrons. The Balaban J connectivity index is 2.29. The van der Waals surface area contributed by atoms with Crippen molar-refractivity contribution in [3.63, 3.8) is 0 Å². The van der Waals surface area contributed by atoms with Gasteiger partial charge in [0.25, 0.3) is 0 Å². The molecule has 28 heavy (non-hydrogen) atoms. The summed E-state index contributed by atoms with van der Waals surface area (Å²) in [6, 6.07) is 10.4. The van der Waals surface area contributed by atoms with Gasteiger partial charge in [0.2, 0.25) is 0 Å². The number of aryl methyl sites for hydroxylation is 1. The Labute approximate surface area is 173 Å². The van der Waals surface area contributed by atoms with Gasteiger partial charge in [0, 0.05) is 6.42 Å². The molecular weight excluding hydrogens is 344 g/mol. The van der Waals surface area contributed by atoms with Crippen LogP contribution >= 0.6 is 0 Å². The van der Waals surface area contributed by atoms with Crippen LogP contribution in [-0.2, 0) is 11.2 Å². The van der Waals surface area contributed by atoms with Crippen molar-refractivity contribution in [3.8, 4) is 0 Å². The first-order chi connectivity index (χ1) is 13.7. The third-order valence-corrected chi connectivity index (χ3v) is 5.81. The molecule has 0 bridgehead atoms. The Hall–Kier alpha value is -1.57. The van der Waals surface area contributed by atoms with Crippen LogP contribution in [0.1, 0.15) is 96.5 Å². The van der Waals surface area contributed by atoms with Crippen LogP contribution in [0.2, 0.25) is 0 Å². The third-order valence-electron chi connectivity index (χ3n) is 5.81. The number of aliphatic carboxylic acids is 1. The molecule has 0 heterocycles. The van der Waals surface area contributed by atoms with Gasteiger partial charge in [0.05, 0.1) is 0 Å². The molecule has 1 rings (SSSR count). The van der Waals surface area contributed by atoms with Crippen molar-refractivity contribution >= 4 is 5.97 Å². The fraction of sp³-hybridized carbons (Fsp3) is 0.654. The first-order valence-corrected chi connectivity index (χ1v) is 11.6. The van der Waals surface area contributed by atoms with Crippen molar-refractivity contribution in [3.05, 3.63) is 48.0 Å². The van der Waals surface area contributed by atoms with Gasteiger partial charge in [-0.1, -0.05) is 94.9 Å². The zero-order chi connectivity index (χ0) is 20.5. The second kappa shape index (κ2) is 16.4. The number of hydrogen-bond donors (Lipinski definition) is 1.